The van der Waals surface area contributed by atoms with Crippen molar-refractivity contribution in [3.05, 3.63) is 0 Å². The van der Waals surface area contributed by atoms with Crippen LogP contribution in [0.4, 0.5) is 0 Å². The SMILES string of the molecule is CC(C)(C)C1(C(=O)O)COCCC(=O)N1. The standard InChI is InChI=1S/C10H17NO4/c1-9(2,3)10(8(13)14)6-15-5-4-7(12)11-10/h4-6H2,1-3H3,(H,11,12)(H,13,14). The molecule has 1 fully saturated rings. The van der Waals surface area contributed by atoms with Crippen LogP contribution in [0.2, 0.25) is 0 Å². The molecule has 0 aromatic rings. The van der Waals surface area contributed by atoms with Gasteiger partial charge in [0.25, 0.3) is 0 Å². The topological polar surface area (TPSA) is 75.6 Å². The van der Waals surface area contributed by atoms with Crippen LogP contribution in [0.1, 0.15) is 27.2 Å². The third kappa shape index (κ3) is 2.12. The summed E-state index contributed by atoms with van der Waals surface area (Å²) in [7, 11) is 0. The highest BCUT2D eigenvalue weighted by atomic mass is 16.5. The summed E-state index contributed by atoms with van der Waals surface area (Å²) in [6.45, 7) is 5.61. The van der Waals surface area contributed by atoms with Gasteiger partial charge in [-0.05, 0) is 5.41 Å². The highest BCUT2D eigenvalue weighted by Crippen LogP contribution is 2.32. The van der Waals surface area contributed by atoms with Gasteiger partial charge < -0.3 is 15.2 Å². The Kier molecular flexibility index (Phi) is 3.04. The van der Waals surface area contributed by atoms with Gasteiger partial charge in [-0.25, -0.2) is 4.79 Å². The first kappa shape index (κ1) is 12.0. The van der Waals surface area contributed by atoms with Crippen molar-refractivity contribution >= 4 is 11.9 Å². The first-order valence-corrected chi connectivity index (χ1v) is 4.92. The molecule has 5 heteroatoms. The Balaban J connectivity index is 3.08. The molecular weight excluding hydrogens is 198 g/mol. The smallest absolute Gasteiger partial charge is 0.332 e. The van der Waals surface area contributed by atoms with Gasteiger partial charge in [-0.2, -0.15) is 0 Å². The summed E-state index contributed by atoms with van der Waals surface area (Å²) in [5.74, 6) is -1.32. The van der Waals surface area contributed by atoms with Crippen molar-refractivity contribution < 1.29 is 19.4 Å². The lowest BCUT2D eigenvalue weighted by Crippen LogP contribution is -2.64. The molecule has 0 bridgehead atoms. The molecular formula is C10H17NO4. The Labute approximate surface area is 88.8 Å². The van der Waals surface area contributed by atoms with Crippen LogP contribution in [0.25, 0.3) is 0 Å². The Bertz CT molecular complexity index is 282. The normalized spacial score (nSPS) is 28.1. The molecule has 1 aliphatic rings. The summed E-state index contributed by atoms with van der Waals surface area (Å²) < 4.78 is 5.20. The lowest BCUT2D eigenvalue weighted by Gasteiger charge is -2.40. The molecule has 1 amide bonds. The number of carbonyl (C=O) groups is 2. The molecule has 0 aromatic carbocycles. The van der Waals surface area contributed by atoms with Crippen LogP contribution < -0.4 is 5.32 Å². The minimum atomic E-state index is -1.33. The van der Waals surface area contributed by atoms with E-state index >= 15 is 0 Å². The molecule has 0 aromatic heterocycles. The minimum Gasteiger partial charge on any atom is -0.479 e. The van der Waals surface area contributed by atoms with Crippen molar-refractivity contribution in [3.8, 4) is 0 Å². The fraction of sp³-hybridized carbons (Fsp3) is 0.800. The van der Waals surface area contributed by atoms with Crippen LogP contribution in [0.3, 0.4) is 0 Å². The summed E-state index contributed by atoms with van der Waals surface area (Å²) >= 11 is 0. The number of carboxylic acid groups (broad SMARTS) is 1. The molecule has 1 heterocycles. The van der Waals surface area contributed by atoms with Gasteiger partial charge in [-0.1, -0.05) is 20.8 Å². The predicted octanol–water partition coefficient (Wildman–Crippen LogP) is 0.392. The number of ether oxygens (including phenoxy) is 1. The summed E-state index contributed by atoms with van der Waals surface area (Å²) in [5, 5.41) is 11.8. The molecule has 1 saturated heterocycles. The Morgan fingerprint density at radius 3 is 2.60 bits per heavy atom. The molecule has 1 aliphatic heterocycles. The minimum absolute atomic E-state index is 0.0115. The molecule has 15 heavy (non-hydrogen) atoms. The maximum absolute atomic E-state index is 11.4. The molecule has 2 N–H and O–H groups in total. The van der Waals surface area contributed by atoms with Crippen molar-refractivity contribution in [3.63, 3.8) is 0 Å². The van der Waals surface area contributed by atoms with Gasteiger partial charge in [0.05, 0.1) is 13.2 Å². The van der Waals surface area contributed by atoms with Crippen LogP contribution in [-0.2, 0) is 14.3 Å². The zero-order valence-electron chi connectivity index (χ0n) is 9.29. The number of hydrogen-bond donors (Lipinski definition) is 2. The van der Waals surface area contributed by atoms with Gasteiger partial charge >= 0.3 is 5.97 Å². The van der Waals surface area contributed by atoms with Gasteiger partial charge in [0.15, 0.2) is 5.54 Å². The van der Waals surface area contributed by atoms with E-state index in [4.69, 9.17) is 4.74 Å². The Morgan fingerprint density at radius 2 is 2.13 bits per heavy atom. The van der Waals surface area contributed by atoms with E-state index < -0.39 is 16.9 Å². The van der Waals surface area contributed by atoms with Crippen molar-refractivity contribution in [1.82, 2.24) is 5.32 Å². The molecule has 1 rings (SSSR count). The van der Waals surface area contributed by atoms with Gasteiger partial charge in [0, 0.05) is 6.42 Å². The third-order valence-corrected chi connectivity index (χ3v) is 2.79. The largest absolute Gasteiger partial charge is 0.479 e. The first-order chi connectivity index (χ1) is 6.79. The Hall–Kier alpha value is -1.10. The fourth-order valence-corrected chi connectivity index (χ4v) is 1.57. The van der Waals surface area contributed by atoms with Crippen LogP contribution in [-0.4, -0.2) is 35.7 Å². The number of nitrogens with one attached hydrogen (secondary N) is 1. The highest BCUT2D eigenvalue weighted by Gasteiger charge is 2.51. The maximum atomic E-state index is 11.4. The second-order valence-corrected chi connectivity index (χ2v) is 4.81. The second kappa shape index (κ2) is 3.81. The van der Waals surface area contributed by atoms with Crippen molar-refractivity contribution in [2.75, 3.05) is 13.2 Å². The molecule has 1 atom stereocenters. The van der Waals surface area contributed by atoms with Crippen molar-refractivity contribution in [1.29, 1.82) is 0 Å². The number of carboxylic acids is 1. The van der Waals surface area contributed by atoms with Crippen LogP contribution in [0.5, 0.6) is 0 Å². The highest BCUT2D eigenvalue weighted by molar-refractivity contribution is 5.88. The van der Waals surface area contributed by atoms with Gasteiger partial charge in [-0.3, -0.25) is 4.79 Å². The first-order valence-electron chi connectivity index (χ1n) is 4.92. The van der Waals surface area contributed by atoms with Gasteiger partial charge in [0.1, 0.15) is 0 Å². The molecule has 86 valence electrons. The zero-order chi connectivity index (χ0) is 11.7. The van der Waals surface area contributed by atoms with E-state index in [1.165, 1.54) is 0 Å². The van der Waals surface area contributed by atoms with E-state index in [2.05, 4.69) is 5.32 Å². The van der Waals surface area contributed by atoms with E-state index in [1.54, 1.807) is 20.8 Å². The summed E-state index contributed by atoms with van der Waals surface area (Å²) in [6.07, 6.45) is 0.213. The maximum Gasteiger partial charge on any atom is 0.332 e. The molecule has 0 spiro atoms. The van der Waals surface area contributed by atoms with E-state index in [9.17, 15) is 14.7 Å². The summed E-state index contributed by atoms with van der Waals surface area (Å²) in [4.78, 5) is 22.7. The quantitative estimate of drug-likeness (QED) is 0.663. The number of amides is 1. The molecule has 5 nitrogen and oxygen atoms in total. The van der Waals surface area contributed by atoms with Crippen LogP contribution in [0.15, 0.2) is 0 Å². The van der Waals surface area contributed by atoms with Crippen LogP contribution >= 0.6 is 0 Å². The zero-order valence-corrected chi connectivity index (χ0v) is 9.29. The lowest BCUT2D eigenvalue weighted by molar-refractivity contribution is -0.155. The third-order valence-electron chi connectivity index (χ3n) is 2.79. The van der Waals surface area contributed by atoms with Crippen molar-refractivity contribution in [2.24, 2.45) is 5.41 Å². The summed E-state index contributed by atoms with van der Waals surface area (Å²) in [5.41, 5.74) is -1.93. The fourth-order valence-electron chi connectivity index (χ4n) is 1.57. The van der Waals surface area contributed by atoms with E-state index in [-0.39, 0.29) is 25.5 Å². The van der Waals surface area contributed by atoms with E-state index in [0.717, 1.165) is 0 Å². The van der Waals surface area contributed by atoms with Crippen molar-refractivity contribution in [2.45, 2.75) is 32.7 Å². The van der Waals surface area contributed by atoms with Gasteiger partial charge in [-0.15, -0.1) is 0 Å². The Morgan fingerprint density at radius 1 is 1.53 bits per heavy atom. The molecule has 0 aliphatic carbocycles. The van der Waals surface area contributed by atoms with Gasteiger partial charge in [0.2, 0.25) is 5.91 Å². The average molecular weight is 215 g/mol. The number of hydrogen-bond acceptors (Lipinski definition) is 3. The van der Waals surface area contributed by atoms with Crippen LogP contribution in [0, 0.1) is 5.41 Å². The average Bonchev–Trinajstić information content (AvgIpc) is 2.26. The summed E-state index contributed by atoms with van der Waals surface area (Å²) in [6, 6.07) is 0. The predicted molar refractivity (Wildman–Crippen MR) is 53.4 cm³/mol. The second-order valence-electron chi connectivity index (χ2n) is 4.81. The number of rotatable bonds is 1. The monoisotopic (exact) mass is 215 g/mol. The van der Waals surface area contributed by atoms with E-state index in [1.807, 2.05) is 0 Å². The number of carbonyl (C=O) groups excluding carboxylic acids is 1. The molecule has 0 radical (unpaired) electrons. The van der Waals surface area contributed by atoms with E-state index in [0.29, 0.717) is 0 Å². The lowest BCUT2D eigenvalue weighted by atomic mass is 9.74. The number of aliphatic carboxylic acids is 1. The molecule has 0 saturated carbocycles. The molecule has 1 unspecified atom stereocenters.